The number of hydrogen-bond donors (Lipinski definition) is 2. The van der Waals surface area contributed by atoms with E-state index in [0.29, 0.717) is 25.4 Å². The van der Waals surface area contributed by atoms with Crippen molar-refractivity contribution in [3.63, 3.8) is 0 Å². The van der Waals surface area contributed by atoms with Crippen molar-refractivity contribution in [2.75, 3.05) is 26.3 Å². The van der Waals surface area contributed by atoms with Gasteiger partial charge in [-0.05, 0) is 47.0 Å². The lowest BCUT2D eigenvalue weighted by Crippen LogP contribution is -2.35. The number of hydrogen-bond acceptors (Lipinski definition) is 6. The molecule has 0 unspecified atom stereocenters. The van der Waals surface area contributed by atoms with Gasteiger partial charge in [-0.1, -0.05) is 18.2 Å². The summed E-state index contributed by atoms with van der Waals surface area (Å²) in [6.07, 6.45) is 0.969. The van der Waals surface area contributed by atoms with E-state index < -0.39 is 17.1 Å². The molecule has 9 heteroatoms. The second-order valence-corrected chi connectivity index (χ2v) is 7.90. The van der Waals surface area contributed by atoms with Crippen LogP contribution in [0.5, 0.6) is 5.75 Å². The number of benzene rings is 2. The van der Waals surface area contributed by atoms with Crippen LogP contribution in [0.1, 0.15) is 5.56 Å². The standard InChI is InChI=1S/C24H21FN4O4/c25-17-11-21-22(26-13-17)29(24(32)27-23(21)31)18-3-1-2-15(10-18)20-12-19(30)5-4-16(20)14-28-6-8-33-9-7-28/h1-5,10-13,30H,6-9,14H2,(H,27,31,32). The second-order valence-electron chi connectivity index (χ2n) is 7.90. The van der Waals surface area contributed by atoms with E-state index in [-0.39, 0.29) is 16.8 Å². The van der Waals surface area contributed by atoms with E-state index in [1.807, 2.05) is 12.1 Å². The summed E-state index contributed by atoms with van der Waals surface area (Å²) < 4.78 is 20.3. The SMILES string of the molecule is O=c1[nH]c(=O)n(-c2cccc(-c3cc(O)ccc3CN3CCOCC3)c2)c2ncc(F)cc12. The molecular weight excluding hydrogens is 427 g/mol. The van der Waals surface area contributed by atoms with E-state index in [0.717, 1.165) is 42.0 Å². The number of morpholine rings is 1. The number of phenolic OH excluding ortho intramolecular Hbond substituents is 1. The molecule has 2 N–H and O–H groups in total. The normalized spacial score (nSPS) is 14.6. The molecule has 0 atom stereocenters. The molecule has 1 aliphatic rings. The maximum Gasteiger partial charge on any atom is 0.334 e. The number of fused-ring (bicyclic) bond motifs is 1. The third-order valence-corrected chi connectivity index (χ3v) is 5.72. The van der Waals surface area contributed by atoms with Crippen LogP contribution in [0.4, 0.5) is 4.39 Å². The first-order valence-corrected chi connectivity index (χ1v) is 10.5. The number of halogens is 1. The lowest BCUT2D eigenvalue weighted by Gasteiger charge is -2.27. The highest BCUT2D eigenvalue weighted by molar-refractivity contribution is 5.77. The minimum atomic E-state index is -0.699. The Kier molecular flexibility index (Phi) is 5.49. The zero-order valence-corrected chi connectivity index (χ0v) is 17.6. The molecule has 2 aromatic carbocycles. The van der Waals surface area contributed by atoms with Crippen LogP contribution in [0.25, 0.3) is 27.8 Å². The fourth-order valence-corrected chi connectivity index (χ4v) is 4.12. The molecule has 1 saturated heterocycles. The Morgan fingerprint density at radius 2 is 1.91 bits per heavy atom. The van der Waals surface area contributed by atoms with E-state index in [2.05, 4.69) is 14.9 Å². The van der Waals surface area contributed by atoms with Gasteiger partial charge in [0.25, 0.3) is 5.56 Å². The van der Waals surface area contributed by atoms with Gasteiger partial charge in [0.2, 0.25) is 0 Å². The summed E-state index contributed by atoms with van der Waals surface area (Å²) >= 11 is 0. The summed E-state index contributed by atoms with van der Waals surface area (Å²) in [6, 6.07) is 13.4. The number of ether oxygens (including phenoxy) is 1. The molecular formula is C24H21FN4O4. The van der Waals surface area contributed by atoms with Gasteiger partial charge in [-0.25, -0.2) is 18.7 Å². The first-order valence-electron chi connectivity index (χ1n) is 10.5. The van der Waals surface area contributed by atoms with Gasteiger partial charge in [0.1, 0.15) is 11.6 Å². The molecule has 0 radical (unpaired) electrons. The average molecular weight is 448 g/mol. The first kappa shape index (κ1) is 21.0. The number of aromatic nitrogens is 3. The highest BCUT2D eigenvalue weighted by Crippen LogP contribution is 2.30. The number of nitrogens with zero attached hydrogens (tertiary/aromatic N) is 3. The Bertz CT molecular complexity index is 1460. The highest BCUT2D eigenvalue weighted by Gasteiger charge is 2.16. The fraction of sp³-hybridized carbons (Fsp3) is 0.208. The van der Waals surface area contributed by atoms with Gasteiger partial charge >= 0.3 is 5.69 Å². The second kappa shape index (κ2) is 8.61. The summed E-state index contributed by atoms with van der Waals surface area (Å²) in [7, 11) is 0. The van der Waals surface area contributed by atoms with Crippen molar-refractivity contribution < 1.29 is 14.2 Å². The molecule has 8 nitrogen and oxygen atoms in total. The Balaban J connectivity index is 1.63. The molecule has 3 heterocycles. The monoisotopic (exact) mass is 448 g/mol. The molecule has 1 aliphatic heterocycles. The van der Waals surface area contributed by atoms with Crippen LogP contribution >= 0.6 is 0 Å². The predicted molar refractivity (Wildman–Crippen MR) is 121 cm³/mol. The van der Waals surface area contributed by atoms with Crippen molar-refractivity contribution in [2.45, 2.75) is 6.54 Å². The molecule has 2 aromatic heterocycles. The van der Waals surface area contributed by atoms with E-state index in [1.54, 1.807) is 30.3 Å². The molecule has 0 saturated carbocycles. The molecule has 33 heavy (non-hydrogen) atoms. The largest absolute Gasteiger partial charge is 0.508 e. The number of aromatic hydroxyl groups is 1. The Morgan fingerprint density at radius 1 is 1.09 bits per heavy atom. The van der Waals surface area contributed by atoms with Crippen LogP contribution in [0.15, 0.2) is 64.3 Å². The smallest absolute Gasteiger partial charge is 0.334 e. The van der Waals surface area contributed by atoms with Crippen LogP contribution < -0.4 is 11.2 Å². The summed E-state index contributed by atoms with van der Waals surface area (Å²) in [6.45, 7) is 3.69. The van der Waals surface area contributed by atoms with Crippen molar-refractivity contribution >= 4 is 11.0 Å². The van der Waals surface area contributed by atoms with E-state index in [1.165, 1.54) is 4.57 Å². The Labute approximate surface area is 187 Å². The number of pyridine rings is 1. The van der Waals surface area contributed by atoms with Crippen molar-refractivity contribution in [1.82, 2.24) is 19.4 Å². The number of aromatic amines is 1. The van der Waals surface area contributed by atoms with Gasteiger partial charge in [0.05, 0.1) is 30.5 Å². The summed E-state index contributed by atoms with van der Waals surface area (Å²) in [5.74, 6) is -0.538. The third kappa shape index (κ3) is 4.15. The topological polar surface area (TPSA) is 100 Å². The van der Waals surface area contributed by atoms with Gasteiger partial charge in [-0.15, -0.1) is 0 Å². The maximum atomic E-state index is 13.7. The van der Waals surface area contributed by atoms with Crippen LogP contribution in [-0.4, -0.2) is 50.8 Å². The van der Waals surface area contributed by atoms with Gasteiger partial charge in [-0.2, -0.15) is 0 Å². The third-order valence-electron chi connectivity index (χ3n) is 5.72. The van der Waals surface area contributed by atoms with Crippen LogP contribution in [0, 0.1) is 5.82 Å². The van der Waals surface area contributed by atoms with E-state index in [9.17, 15) is 19.1 Å². The van der Waals surface area contributed by atoms with Crippen molar-refractivity contribution in [1.29, 1.82) is 0 Å². The summed E-state index contributed by atoms with van der Waals surface area (Å²) in [4.78, 5) is 33.4. The molecule has 0 amide bonds. The quantitative estimate of drug-likeness (QED) is 0.497. The number of rotatable bonds is 4. The molecule has 0 bridgehead atoms. The Morgan fingerprint density at radius 3 is 2.73 bits per heavy atom. The molecule has 1 fully saturated rings. The van der Waals surface area contributed by atoms with Gasteiger partial charge in [0.15, 0.2) is 5.65 Å². The van der Waals surface area contributed by atoms with Crippen molar-refractivity contribution in [2.24, 2.45) is 0 Å². The molecule has 0 spiro atoms. The average Bonchev–Trinajstić information content (AvgIpc) is 2.81. The van der Waals surface area contributed by atoms with Crippen molar-refractivity contribution in [3.05, 3.63) is 86.9 Å². The minimum Gasteiger partial charge on any atom is -0.508 e. The van der Waals surface area contributed by atoms with Crippen molar-refractivity contribution in [3.8, 4) is 22.6 Å². The zero-order chi connectivity index (χ0) is 22.9. The van der Waals surface area contributed by atoms with Crippen LogP contribution in [0.2, 0.25) is 0 Å². The maximum absolute atomic E-state index is 13.7. The number of nitrogens with one attached hydrogen (secondary N) is 1. The van der Waals surface area contributed by atoms with Gasteiger partial charge in [0, 0.05) is 19.6 Å². The Hall–Kier alpha value is -3.82. The molecule has 0 aliphatic carbocycles. The number of phenols is 1. The number of H-pyrrole nitrogens is 1. The van der Waals surface area contributed by atoms with Crippen LogP contribution in [0.3, 0.4) is 0 Å². The summed E-state index contributed by atoms with van der Waals surface area (Å²) in [5.41, 5.74) is 1.77. The van der Waals surface area contributed by atoms with E-state index >= 15 is 0 Å². The van der Waals surface area contributed by atoms with Gasteiger partial charge in [-0.3, -0.25) is 14.7 Å². The molecule has 4 aromatic rings. The predicted octanol–water partition coefficient (Wildman–Crippen LogP) is 2.42. The van der Waals surface area contributed by atoms with Crippen LogP contribution in [-0.2, 0) is 11.3 Å². The van der Waals surface area contributed by atoms with Gasteiger partial charge < -0.3 is 9.84 Å². The lowest BCUT2D eigenvalue weighted by atomic mass is 9.98. The zero-order valence-electron chi connectivity index (χ0n) is 17.6. The van der Waals surface area contributed by atoms with E-state index in [4.69, 9.17) is 4.74 Å². The molecule has 168 valence electrons. The molecule has 5 rings (SSSR count). The highest BCUT2D eigenvalue weighted by atomic mass is 19.1. The first-order chi connectivity index (χ1) is 16.0. The minimum absolute atomic E-state index is 0.0228. The fourth-order valence-electron chi connectivity index (χ4n) is 4.12. The summed E-state index contributed by atoms with van der Waals surface area (Å²) in [5, 5.41) is 10.1. The lowest BCUT2D eigenvalue weighted by molar-refractivity contribution is 0.0342.